The minimum absolute atomic E-state index is 0.0114. The molecule has 0 bridgehead atoms. The maximum atomic E-state index is 12.6. The molecular weight excluding hydrogens is 395 g/mol. The number of aryl methyl sites for hydroxylation is 2. The van der Waals surface area contributed by atoms with Crippen molar-refractivity contribution in [2.75, 3.05) is 0 Å². The van der Waals surface area contributed by atoms with Crippen LogP contribution in [-0.4, -0.2) is 25.0 Å². The lowest BCUT2D eigenvalue weighted by atomic mass is 10.2. The van der Waals surface area contributed by atoms with Crippen LogP contribution in [0.5, 0.6) is 5.75 Å². The summed E-state index contributed by atoms with van der Waals surface area (Å²) in [4.78, 5) is 41.4. The van der Waals surface area contributed by atoms with E-state index < -0.39 is 22.6 Å². The average molecular weight is 409 g/mol. The summed E-state index contributed by atoms with van der Waals surface area (Å²) < 4.78 is 3.10. The quantitative estimate of drug-likeness (QED) is 0.652. The predicted molar refractivity (Wildman–Crippen MR) is 105 cm³/mol. The van der Waals surface area contributed by atoms with Gasteiger partial charge in [-0.3, -0.25) is 28.3 Å². The standard InChI is InChI=1S/C17H14Cl2N4O4/c1-21-14-12(16(26)23(3)17(27)22(14)2)13(24)9(15(21)25)7-20-8-4-5-10(18)11(19)6-8/h4-7,24H,1-3H3. The third-order valence-electron chi connectivity index (χ3n) is 4.22. The molecule has 0 aliphatic heterocycles. The Kier molecular flexibility index (Phi) is 4.71. The molecule has 0 atom stereocenters. The molecule has 140 valence electrons. The van der Waals surface area contributed by atoms with Crippen molar-refractivity contribution in [3.63, 3.8) is 0 Å². The summed E-state index contributed by atoms with van der Waals surface area (Å²) in [5.74, 6) is -0.548. The zero-order valence-electron chi connectivity index (χ0n) is 14.5. The van der Waals surface area contributed by atoms with Crippen LogP contribution < -0.4 is 16.8 Å². The first-order valence-corrected chi connectivity index (χ1v) is 8.41. The number of benzene rings is 1. The molecule has 1 aromatic carbocycles. The molecule has 0 amide bonds. The summed E-state index contributed by atoms with van der Waals surface area (Å²) in [6.45, 7) is 0. The smallest absolute Gasteiger partial charge is 0.332 e. The third kappa shape index (κ3) is 2.96. The molecule has 0 aliphatic rings. The Morgan fingerprint density at radius 2 is 1.63 bits per heavy atom. The number of aromatic nitrogens is 3. The number of halogens is 2. The van der Waals surface area contributed by atoms with Gasteiger partial charge in [0.05, 0.1) is 15.7 Å². The Hall–Kier alpha value is -2.84. The third-order valence-corrected chi connectivity index (χ3v) is 4.96. The number of rotatable bonds is 2. The van der Waals surface area contributed by atoms with Gasteiger partial charge in [0.1, 0.15) is 22.3 Å². The second-order valence-corrected chi connectivity index (χ2v) is 6.70. The molecule has 8 nitrogen and oxygen atoms in total. The number of fused-ring (bicyclic) bond motifs is 1. The van der Waals surface area contributed by atoms with E-state index in [0.29, 0.717) is 10.7 Å². The van der Waals surface area contributed by atoms with Gasteiger partial charge in [0, 0.05) is 27.4 Å². The molecule has 0 saturated carbocycles. The second kappa shape index (κ2) is 6.71. The zero-order valence-corrected chi connectivity index (χ0v) is 16.0. The minimum Gasteiger partial charge on any atom is -0.506 e. The highest BCUT2D eigenvalue weighted by Gasteiger charge is 2.20. The van der Waals surface area contributed by atoms with Gasteiger partial charge in [-0.2, -0.15) is 0 Å². The summed E-state index contributed by atoms with van der Waals surface area (Å²) in [7, 11) is 4.10. The van der Waals surface area contributed by atoms with Crippen LogP contribution in [0, 0.1) is 0 Å². The van der Waals surface area contributed by atoms with Crippen LogP contribution in [0.25, 0.3) is 11.0 Å². The highest BCUT2D eigenvalue weighted by atomic mass is 35.5. The fourth-order valence-corrected chi connectivity index (χ4v) is 3.06. The minimum atomic E-state index is -0.717. The molecule has 1 N–H and O–H groups in total. The van der Waals surface area contributed by atoms with Gasteiger partial charge < -0.3 is 5.11 Å². The van der Waals surface area contributed by atoms with E-state index in [4.69, 9.17) is 23.2 Å². The van der Waals surface area contributed by atoms with E-state index in [1.807, 2.05) is 0 Å². The Bertz CT molecular complexity index is 1300. The summed E-state index contributed by atoms with van der Waals surface area (Å²) in [5.41, 5.74) is -1.72. The molecule has 0 fully saturated rings. The van der Waals surface area contributed by atoms with Crippen molar-refractivity contribution < 1.29 is 5.11 Å². The second-order valence-electron chi connectivity index (χ2n) is 5.89. The van der Waals surface area contributed by atoms with E-state index in [1.165, 1.54) is 27.2 Å². The number of aliphatic imine (C=N–C) groups is 1. The first kappa shape index (κ1) is 18.9. The summed E-state index contributed by atoms with van der Waals surface area (Å²) in [6.07, 6.45) is 1.14. The molecule has 27 heavy (non-hydrogen) atoms. The van der Waals surface area contributed by atoms with Crippen LogP contribution in [0.1, 0.15) is 5.56 Å². The van der Waals surface area contributed by atoms with Crippen molar-refractivity contribution in [1.29, 1.82) is 0 Å². The normalized spacial score (nSPS) is 11.6. The van der Waals surface area contributed by atoms with E-state index in [2.05, 4.69) is 4.99 Å². The SMILES string of the molecule is Cn1c(=O)c2c(O)c(C=Nc3ccc(Cl)c(Cl)c3)c(=O)n(C)c2n(C)c1=O. The largest absolute Gasteiger partial charge is 0.506 e. The highest BCUT2D eigenvalue weighted by Crippen LogP contribution is 2.27. The molecule has 0 unspecified atom stereocenters. The summed E-state index contributed by atoms with van der Waals surface area (Å²) in [5, 5.41) is 11.1. The van der Waals surface area contributed by atoms with Crippen molar-refractivity contribution in [1.82, 2.24) is 13.7 Å². The lowest BCUT2D eigenvalue weighted by Crippen LogP contribution is -2.40. The maximum Gasteiger partial charge on any atom is 0.332 e. The van der Waals surface area contributed by atoms with Crippen molar-refractivity contribution in [3.8, 4) is 5.75 Å². The van der Waals surface area contributed by atoms with Crippen molar-refractivity contribution >= 4 is 46.1 Å². The summed E-state index contributed by atoms with van der Waals surface area (Å²) in [6, 6.07) is 4.61. The van der Waals surface area contributed by atoms with Crippen LogP contribution in [-0.2, 0) is 21.1 Å². The molecular formula is C17H14Cl2N4O4. The molecule has 0 saturated heterocycles. The topological polar surface area (TPSA) is 98.6 Å². The molecule has 0 radical (unpaired) electrons. The van der Waals surface area contributed by atoms with Gasteiger partial charge in [0.25, 0.3) is 11.1 Å². The Labute approximate surface area is 162 Å². The first-order valence-electron chi connectivity index (χ1n) is 7.66. The number of hydrogen-bond donors (Lipinski definition) is 1. The molecule has 3 rings (SSSR count). The van der Waals surface area contributed by atoms with Crippen LogP contribution in [0.3, 0.4) is 0 Å². The Balaban J connectivity index is 2.33. The fraction of sp³-hybridized carbons (Fsp3) is 0.176. The Morgan fingerprint density at radius 3 is 2.26 bits per heavy atom. The molecule has 10 heteroatoms. The van der Waals surface area contributed by atoms with Gasteiger partial charge in [-0.05, 0) is 18.2 Å². The Morgan fingerprint density at radius 1 is 0.963 bits per heavy atom. The molecule has 0 spiro atoms. The number of nitrogens with zero attached hydrogens (tertiary/aromatic N) is 4. The fourth-order valence-electron chi connectivity index (χ4n) is 2.77. The summed E-state index contributed by atoms with van der Waals surface area (Å²) >= 11 is 11.8. The monoisotopic (exact) mass is 408 g/mol. The number of pyridine rings is 1. The van der Waals surface area contributed by atoms with Crippen LogP contribution >= 0.6 is 23.2 Å². The van der Waals surface area contributed by atoms with E-state index >= 15 is 0 Å². The van der Waals surface area contributed by atoms with Gasteiger partial charge in [0.2, 0.25) is 0 Å². The van der Waals surface area contributed by atoms with E-state index in [-0.39, 0.29) is 21.6 Å². The van der Waals surface area contributed by atoms with E-state index in [0.717, 1.165) is 19.9 Å². The lowest BCUT2D eigenvalue weighted by Gasteiger charge is -2.13. The van der Waals surface area contributed by atoms with E-state index in [1.54, 1.807) is 12.1 Å². The predicted octanol–water partition coefficient (Wildman–Crippen LogP) is 1.70. The number of aromatic hydroxyl groups is 1. The van der Waals surface area contributed by atoms with Crippen molar-refractivity contribution in [2.24, 2.45) is 26.1 Å². The van der Waals surface area contributed by atoms with E-state index in [9.17, 15) is 19.5 Å². The molecule has 2 heterocycles. The van der Waals surface area contributed by atoms with Gasteiger partial charge in [0.15, 0.2) is 0 Å². The van der Waals surface area contributed by atoms with Crippen molar-refractivity contribution in [3.05, 3.63) is 65.0 Å². The van der Waals surface area contributed by atoms with Gasteiger partial charge >= 0.3 is 5.69 Å². The van der Waals surface area contributed by atoms with Gasteiger partial charge in [-0.25, -0.2) is 4.79 Å². The van der Waals surface area contributed by atoms with Gasteiger partial charge in [-0.1, -0.05) is 23.2 Å². The first-order chi connectivity index (χ1) is 12.6. The van der Waals surface area contributed by atoms with Crippen LogP contribution in [0.4, 0.5) is 5.69 Å². The van der Waals surface area contributed by atoms with Gasteiger partial charge in [-0.15, -0.1) is 0 Å². The number of hydrogen-bond acceptors (Lipinski definition) is 5. The molecule has 0 aliphatic carbocycles. The molecule has 3 aromatic rings. The zero-order chi connectivity index (χ0) is 20.0. The lowest BCUT2D eigenvalue weighted by molar-refractivity contribution is 0.476. The average Bonchev–Trinajstić information content (AvgIpc) is 2.63. The molecule has 2 aromatic heterocycles. The maximum absolute atomic E-state index is 12.6. The van der Waals surface area contributed by atoms with Crippen LogP contribution in [0.15, 0.2) is 37.6 Å². The van der Waals surface area contributed by atoms with Crippen LogP contribution in [0.2, 0.25) is 10.0 Å². The van der Waals surface area contributed by atoms with Crippen molar-refractivity contribution in [2.45, 2.75) is 0 Å². The highest BCUT2D eigenvalue weighted by molar-refractivity contribution is 6.42.